The van der Waals surface area contributed by atoms with Crippen molar-refractivity contribution < 1.29 is 28.3 Å². The van der Waals surface area contributed by atoms with Gasteiger partial charge < -0.3 is 28.3 Å². The van der Waals surface area contributed by atoms with E-state index in [0.29, 0.717) is 13.2 Å². The molecule has 5 rings (SSSR count). The summed E-state index contributed by atoms with van der Waals surface area (Å²) in [6.45, 7) is 17.4. The molecule has 3 saturated heterocycles. The molecule has 6 nitrogen and oxygen atoms in total. The van der Waals surface area contributed by atoms with Gasteiger partial charge in [0.1, 0.15) is 0 Å². The lowest BCUT2D eigenvalue weighted by Gasteiger charge is -2.32. The summed E-state index contributed by atoms with van der Waals surface area (Å²) in [5, 5.41) is 0. The minimum absolute atomic E-state index is 0.0959. The van der Waals surface area contributed by atoms with Crippen LogP contribution in [0.4, 0.5) is 0 Å². The summed E-state index contributed by atoms with van der Waals surface area (Å²) in [6.07, 6.45) is 2.01. The first-order valence-corrected chi connectivity index (χ1v) is 14.2. The minimum Gasteiger partial charge on any atom is -0.399 e. The van der Waals surface area contributed by atoms with E-state index in [0.717, 1.165) is 22.8 Å². The standard InChI is InChI=1S/C18H27BO4.C12H15BrO2/c1-16(2)17(3,4)23-19(22-16)14-9-7-8-13(10-14)11-15-12-20-18(5,6)21-15;1-12(2)14-8-11(15-12)7-9-4-3-5-10(13)6-9/h7-10,15H,11-12H2,1-6H3;3-6,11H,7-8H2,1-2H3. The quantitative estimate of drug-likeness (QED) is 0.410. The van der Waals surface area contributed by atoms with Crippen molar-refractivity contribution in [2.75, 3.05) is 13.2 Å². The predicted molar refractivity (Wildman–Crippen MR) is 154 cm³/mol. The summed E-state index contributed by atoms with van der Waals surface area (Å²) in [7, 11) is -0.322. The monoisotopic (exact) mass is 588 g/mol. The molecular formula is C30H42BBrO6. The fraction of sp³-hybridized carbons (Fsp3) is 0.600. The maximum atomic E-state index is 6.13. The Balaban J connectivity index is 0.000000194. The van der Waals surface area contributed by atoms with Crippen molar-refractivity contribution in [1.82, 2.24) is 0 Å². The first kappa shape index (κ1) is 29.7. The highest BCUT2D eigenvalue weighted by Crippen LogP contribution is 2.36. The normalized spacial score (nSPS) is 26.7. The second kappa shape index (κ2) is 11.3. The van der Waals surface area contributed by atoms with E-state index in [1.54, 1.807) is 0 Å². The SMILES string of the molecule is CC1(C)OCC(Cc2cccc(B3OC(C)(C)C(C)(C)O3)c2)O1.CC1(C)OCC(Cc2cccc(Br)c2)O1. The first-order chi connectivity index (χ1) is 17.6. The van der Waals surface area contributed by atoms with Gasteiger partial charge in [0.25, 0.3) is 0 Å². The van der Waals surface area contributed by atoms with E-state index < -0.39 is 11.6 Å². The summed E-state index contributed by atoms with van der Waals surface area (Å²) in [5.41, 5.74) is 2.90. The molecule has 0 amide bonds. The van der Waals surface area contributed by atoms with Crippen molar-refractivity contribution in [2.24, 2.45) is 0 Å². The Kier molecular flexibility index (Phi) is 8.85. The van der Waals surface area contributed by atoms with Gasteiger partial charge in [-0.05, 0) is 84.1 Å². The number of hydrogen-bond donors (Lipinski definition) is 0. The summed E-state index contributed by atoms with van der Waals surface area (Å²) < 4.78 is 36.2. The van der Waals surface area contributed by atoms with Crippen LogP contribution in [0.15, 0.2) is 53.0 Å². The van der Waals surface area contributed by atoms with Crippen LogP contribution in [-0.4, -0.2) is 55.3 Å². The highest BCUT2D eigenvalue weighted by atomic mass is 79.9. The summed E-state index contributed by atoms with van der Waals surface area (Å²) >= 11 is 3.46. The fourth-order valence-corrected chi connectivity index (χ4v) is 5.21. The van der Waals surface area contributed by atoms with E-state index >= 15 is 0 Å². The lowest BCUT2D eigenvalue weighted by Crippen LogP contribution is -2.41. The zero-order chi connectivity index (χ0) is 27.8. The van der Waals surface area contributed by atoms with Crippen LogP contribution in [-0.2, 0) is 41.1 Å². The molecule has 0 aromatic heterocycles. The molecular weight excluding hydrogens is 547 g/mol. The molecule has 208 valence electrons. The molecule has 0 N–H and O–H groups in total. The van der Waals surface area contributed by atoms with E-state index in [1.165, 1.54) is 11.1 Å². The third-order valence-electron chi connectivity index (χ3n) is 7.43. The highest BCUT2D eigenvalue weighted by molar-refractivity contribution is 9.10. The molecule has 38 heavy (non-hydrogen) atoms. The molecule has 0 spiro atoms. The molecule has 2 aromatic rings. The van der Waals surface area contributed by atoms with Crippen LogP contribution in [0.25, 0.3) is 0 Å². The van der Waals surface area contributed by atoms with Gasteiger partial charge in [-0.25, -0.2) is 0 Å². The molecule has 0 bridgehead atoms. The molecule has 8 heteroatoms. The topological polar surface area (TPSA) is 55.4 Å². The predicted octanol–water partition coefficient (Wildman–Crippen LogP) is 5.82. The number of benzene rings is 2. The Morgan fingerprint density at radius 1 is 0.711 bits per heavy atom. The number of hydrogen-bond acceptors (Lipinski definition) is 6. The van der Waals surface area contributed by atoms with Crippen molar-refractivity contribution in [1.29, 1.82) is 0 Å². The maximum Gasteiger partial charge on any atom is 0.494 e. The van der Waals surface area contributed by atoms with Gasteiger partial charge in [-0.1, -0.05) is 52.3 Å². The number of rotatable bonds is 5. The van der Waals surface area contributed by atoms with Gasteiger partial charge >= 0.3 is 7.12 Å². The number of ether oxygens (including phenoxy) is 4. The van der Waals surface area contributed by atoms with Crippen LogP contribution in [0.5, 0.6) is 0 Å². The van der Waals surface area contributed by atoms with Crippen LogP contribution in [0.2, 0.25) is 0 Å². The zero-order valence-electron chi connectivity index (χ0n) is 24.0. The molecule has 3 fully saturated rings. The molecule has 0 radical (unpaired) electrons. The Morgan fingerprint density at radius 3 is 1.63 bits per heavy atom. The summed E-state index contributed by atoms with van der Waals surface area (Å²) in [5.74, 6) is -0.898. The molecule has 2 atom stereocenters. The third-order valence-corrected chi connectivity index (χ3v) is 7.92. The van der Waals surface area contributed by atoms with E-state index in [1.807, 2.05) is 39.8 Å². The van der Waals surface area contributed by atoms with E-state index in [4.69, 9.17) is 28.3 Å². The highest BCUT2D eigenvalue weighted by Gasteiger charge is 2.51. The van der Waals surface area contributed by atoms with Crippen LogP contribution >= 0.6 is 15.9 Å². The van der Waals surface area contributed by atoms with Crippen molar-refractivity contribution in [3.63, 3.8) is 0 Å². The van der Waals surface area contributed by atoms with Crippen molar-refractivity contribution in [2.45, 2.75) is 103 Å². The lowest BCUT2D eigenvalue weighted by atomic mass is 9.78. The van der Waals surface area contributed by atoms with Crippen molar-refractivity contribution in [3.05, 3.63) is 64.1 Å². The Hall–Kier alpha value is -1.26. The van der Waals surface area contributed by atoms with Gasteiger partial charge in [0.05, 0.1) is 36.6 Å². The maximum absolute atomic E-state index is 6.13. The van der Waals surface area contributed by atoms with E-state index in [2.05, 4.69) is 80.0 Å². The average molecular weight is 589 g/mol. The van der Waals surface area contributed by atoms with E-state index in [-0.39, 0.29) is 30.5 Å². The van der Waals surface area contributed by atoms with E-state index in [9.17, 15) is 0 Å². The average Bonchev–Trinajstić information content (AvgIpc) is 3.40. The van der Waals surface area contributed by atoms with Gasteiger partial charge in [0, 0.05) is 17.3 Å². The van der Waals surface area contributed by atoms with Gasteiger partial charge in [0.2, 0.25) is 0 Å². The third kappa shape index (κ3) is 7.69. The second-order valence-corrected chi connectivity index (χ2v) is 13.2. The molecule has 2 aromatic carbocycles. The minimum atomic E-state index is -0.478. The van der Waals surface area contributed by atoms with Crippen LogP contribution in [0.3, 0.4) is 0 Å². The summed E-state index contributed by atoms with van der Waals surface area (Å²) in [6, 6.07) is 16.7. The number of halogens is 1. The smallest absolute Gasteiger partial charge is 0.399 e. The Bertz CT molecular complexity index is 1090. The van der Waals surface area contributed by atoms with Gasteiger partial charge in [-0.3, -0.25) is 0 Å². The molecule has 0 saturated carbocycles. The van der Waals surface area contributed by atoms with Crippen LogP contribution < -0.4 is 5.46 Å². The molecule has 3 aliphatic rings. The van der Waals surface area contributed by atoms with Gasteiger partial charge in [-0.2, -0.15) is 0 Å². The van der Waals surface area contributed by atoms with Gasteiger partial charge in [0.15, 0.2) is 11.6 Å². The van der Waals surface area contributed by atoms with Crippen LogP contribution in [0.1, 0.15) is 66.5 Å². The Morgan fingerprint density at radius 2 is 1.18 bits per heavy atom. The van der Waals surface area contributed by atoms with Crippen molar-refractivity contribution in [3.8, 4) is 0 Å². The molecule has 3 heterocycles. The zero-order valence-corrected chi connectivity index (χ0v) is 25.6. The lowest BCUT2D eigenvalue weighted by molar-refractivity contribution is -0.138. The second-order valence-electron chi connectivity index (χ2n) is 12.3. The first-order valence-electron chi connectivity index (χ1n) is 13.5. The molecule has 3 aliphatic heterocycles. The Labute approximate surface area is 236 Å². The van der Waals surface area contributed by atoms with Gasteiger partial charge in [-0.15, -0.1) is 0 Å². The van der Waals surface area contributed by atoms with Crippen molar-refractivity contribution >= 4 is 28.5 Å². The molecule has 0 aliphatic carbocycles. The fourth-order valence-electron chi connectivity index (χ4n) is 4.76. The molecule has 2 unspecified atom stereocenters. The largest absolute Gasteiger partial charge is 0.494 e. The van der Waals surface area contributed by atoms with Crippen LogP contribution in [0, 0.1) is 0 Å². The summed E-state index contributed by atoms with van der Waals surface area (Å²) in [4.78, 5) is 0.